The van der Waals surface area contributed by atoms with Gasteiger partial charge in [-0.15, -0.1) is 0 Å². The molecule has 0 saturated carbocycles. The molecule has 1 heterocycles. The third kappa shape index (κ3) is 5.45. The Bertz CT molecular complexity index is 663. The van der Waals surface area contributed by atoms with Crippen molar-refractivity contribution in [3.63, 3.8) is 0 Å². The molecule has 0 aliphatic rings. The van der Waals surface area contributed by atoms with Crippen LogP contribution in [0.1, 0.15) is 38.2 Å². The molecule has 2 aromatic rings. The van der Waals surface area contributed by atoms with Crippen LogP contribution in [0.5, 0.6) is 0 Å². The highest BCUT2D eigenvalue weighted by atomic mass is 16.1. The topological polar surface area (TPSA) is 70.2 Å². The highest BCUT2D eigenvalue weighted by Crippen LogP contribution is 2.18. The van der Waals surface area contributed by atoms with Gasteiger partial charge in [0.25, 0.3) is 5.91 Å². The fourth-order valence-electron chi connectivity index (χ4n) is 2.38. The molecule has 0 spiro atoms. The number of nitrogens with zero attached hydrogens (tertiary/aromatic N) is 3. The summed E-state index contributed by atoms with van der Waals surface area (Å²) in [6, 6.07) is 7.82. The average molecular weight is 341 g/mol. The van der Waals surface area contributed by atoms with Crippen molar-refractivity contribution < 1.29 is 4.79 Å². The third-order valence-corrected chi connectivity index (χ3v) is 3.83. The molecule has 0 aliphatic carbocycles. The first-order chi connectivity index (χ1) is 12.0. The Hall–Kier alpha value is -2.63. The largest absolute Gasteiger partial charge is 0.372 e. The molecular formula is C19H27N5O. The summed E-state index contributed by atoms with van der Waals surface area (Å²) in [5.74, 6) is 0.927. The van der Waals surface area contributed by atoms with Crippen LogP contribution in [0.2, 0.25) is 0 Å². The van der Waals surface area contributed by atoms with Crippen LogP contribution < -0.4 is 15.5 Å². The summed E-state index contributed by atoms with van der Waals surface area (Å²) < 4.78 is 0. The predicted octanol–water partition coefficient (Wildman–Crippen LogP) is 3.64. The normalized spacial score (nSPS) is 10.6. The number of hydrogen-bond acceptors (Lipinski definition) is 5. The van der Waals surface area contributed by atoms with Crippen molar-refractivity contribution in [2.45, 2.75) is 27.7 Å². The van der Waals surface area contributed by atoms with Gasteiger partial charge >= 0.3 is 0 Å². The molecule has 25 heavy (non-hydrogen) atoms. The molecule has 0 atom stereocenters. The van der Waals surface area contributed by atoms with Crippen molar-refractivity contribution in [3.05, 3.63) is 42.4 Å². The summed E-state index contributed by atoms with van der Waals surface area (Å²) in [5.41, 5.74) is 2.18. The maximum Gasteiger partial charge on any atom is 0.275 e. The molecule has 0 aliphatic heterocycles. The van der Waals surface area contributed by atoms with Gasteiger partial charge in [-0.25, -0.2) is 9.97 Å². The maximum atomic E-state index is 12.3. The van der Waals surface area contributed by atoms with Gasteiger partial charge in [0.1, 0.15) is 11.5 Å². The molecule has 0 saturated heterocycles. The number of rotatable bonds is 8. The summed E-state index contributed by atoms with van der Waals surface area (Å²) in [7, 11) is 0. The molecule has 6 nitrogen and oxygen atoms in total. The van der Waals surface area contributed by atoms with Gasteiger partial charge in [-0.05, 0) is 44.0 Å². The van der Waals surface area contributed by atoms with Crippen molar-refractivity contribution in [1.29, 1.82) is 0 Å². The van der Waals surface area contributed by atoms with Crippen LogP contribution in [-0.4, -0.2) is 35.5 Å². The molecule has 1 amide bonds. The van der Waals surface area contributed by atoms with Crippen LogP contribution in [-0.2, 0) is 0 Å². The fraction of sp³-hybridized carbons (Fsp3) is 0.421. The van der Waals surface area contributed by atoms with Crippen LogP contribution in [0.25, 0.3) is 0 Å². The second-order valence-corrected chi connectivity index (χ2v) is 6.23. The highest BCUT2D eigenvalue weighted by molar-refractivity contribution is 6.02. The Morgan fingerprint density at radius 3 is 2.28 bits per heavy atom. The number of nitrogens with one attached hydrogen (secondary N) is 2. The molecule has 1 aromatic carbocycles. The molecule has 0 radical (unpaired) electrons. The number of aromatic nitrogens is 2. The average Bonchev–Trinajstić information content (AvgIpc) is 2.62. The van der Waals surface area contributed by atoms with Crippen molar-refractivity contribution in [1.82, 2.24) is 9.97 Å². The molecule has 1 aromatic heterocycles. The summed E-state index contributed by atoms with van der Waals surface area (Å²) in [5, 5.41) is 6.03. The number of anilines is 3. The second kappa shape index (κ2) is 9.01. The first-order valence-electron chi connectivity index (χ1n) is 8.75. The first kappa shape index (κ1) is 18.7. The van der Waals surface area contributed by atoms with E-state index in [1.165, 1.54) is 6.20 Å². The monoisotopic (exact) mass is 341 g/mol. The van der Waals surface area contributed by atoms with Gasteiger partial charge in [0.15, 0.2) is 0 Å². The van der Waals surface area contributed by atoms with Crippen molar-refractivity contribution in [2.24, 2.45) is 5.92 Å². The SMILES string of the molecule is CCN(CC)c1ccc(NC(=O)c2cnc(NCC(C)C)cn2)cc1. The number of amides is 1. The van der Waals surface area contributed by atoms with Gasteiger partial charge < -0.3 is 15.5 Å². The zero-order valence-electron chi connectivity index (χ0n) is 15.4. The minimum absolute atomic E-state index is 0.265. The third-order valence-electron chi connectivity index (χ3n) is 3.83. The Kier molecular flexibility index (Phi) is 6.74. The van der Waals surface area contributed by atoms with E-state index in [4.69, 9.17) is 0 Å². The Balaban J connectivity index is 1.97. The lowest BCUT2D eigenvalue weighted by atomic mass is 10.2. The van der Waals surface area contributed by atoms with Crippen molar-refractivity contribution >= 4 is 23.1 Å². The van der Waals surface area contributed by atoms with Gasteiger partial charge in [-0.2, -0.15) is 0 Å². The first-order valence-corrected chi connectivity index (χ1v) is 8.75. The lowest BCUT2D eigenvalue weighted by Gasteiger charge is -2.21. The van der Waals surface area contributed by atoms with E-state index in [9.17, 15) is 4.79 Å². The van der Waals surface area contributed by atoms with E-state index in [0.29, 0.717) is 17.4 Å². The summed E-state index contributed by atoms with van der Waals surface area (Å²) >= 11 is 0. The number of benzene rings is 1. The predicted molar refractivity (Wildman–Crippen MR) is 103 cm³/mol. The van der Waals surface area contributed by atoms with Gasteiger partial charge in [0.2, 0.25) is 0 Å². The molecule has 2 rings (SSSR count). The summed E-state index contributed by atoms with van der Waals surface area (Å²) in [6.45, 7) is 11.2. The molecule has 0 bridgehead atoms. The standard InChI is InChI=1S/C19H27N5O/c1-5-24(6-2)16-9-7-15(8-10-16)23-19(25)17-12-22-18(13-20-17)21-11-14(3)4/h7-10,12-14H,5-6,11H2,1-4H3,(H,21,22)(H,23,25). The van der Waals surface area contributed by atoms with E-state index >= 15 is 0 Å². The Labute approximate surface area is 149 Å². The van der Waals surface area contributed by atoms with Gasteiger partial charge in [-0.1, -0.05) is 13.8 Å². The summed E-state index contributed by atoms with van der Waals surface area (Å²) in [4.78, 5) is 22.9. The van der Waals surface area contributed by atoms with Crippen LogP contribution in [0, 0.1) is 5.92 Å². The quantitative estimate of drug-likeness (QED) is 0.767. The smallest absolute Gasteiger partial charge is 0.275 e. The van der Waals surface area contributed by atoms with E-state index in [1.54, 1.807) is 6.20 Å². The minimum Gasteiger partial charge on any atom is -0.372 e. The molecule has 2 N–H and O–H groups in total. The minimum atomic E-state index is -0.265. The maximum absolute atomic E-state index is 12.3. The van der Waals surface area contributed by atoms with Crippen molar-refractivity contribution in [3.8, 4) is 0 Å². The molecule has 0 unspecified atom stereocenters. The van der Waals surface area contributed by atoms with E-state index in [1.807, 2.05) is 24.3 Å². The van der Waals surface area contributed by atoms with E-state index in [0.717, 1.165) is 31.0 Å². The van der Waals surface area contributed by atoms with Crippen LogP contribution in [0.3, 0.4) is 0 Å². The molecule has 134 valence electrons. The summed E-state index contributed by atoms with van der Waals surface area (Å²) in [6.07, 6.45) is 3.07. The molecule has 6 heteroatoms. The van der Waals surface area contributed by atoms with E-state index in [-0.39, 0.29) is 5.91 Å². The Morgan fingerprint density at radius 1 is 1.08 bits per heavy atom. The number of hydrogen-bond donors (Lipinski definition) is 2. The zero-order valence-corrected chi connectivity index (χ0v) is 15.4. The van der Waals surface area contributed by atoms with Crippen molar-refractivity contribution in [2.75, 3.05) is 35.2 Å². The van der Waals surface area contributed by atoms with Crippen LogP contribution >= 0.6 is 0 Å². The molecular weight excluding hydrogens is 314 g/mol. The fourth-order valence-corrected chi connectivity index (χ4v) is 2.38. The number of carbonyl (C=O) groups is 1. The van der Waals surface area contributed by atoms with Gasteiger partial charge in [0.05, 0.1) is 12.4 Å². The Morgan fingerprint density at radius 2 is 1.76 bits per heavy atom. The second-order valence-electron chi connectivity index (χ2n) is 6.23. The highest BCUT2D eigenvalue weighted by Gasteiger charge is 2.09. The molecule has 0 fully saturated rings. The lowest BCUT2D eigenvalue weighted by Crippen LogP contribution is -2.21. The van der Waals surface area contributed by atoms with E-state index < -0.39 is 0 Å². The zero-order chi connectivity index (χ0) is 18.2. The van der Waals surface area contributed by atoms with Crippen LogP contribution in [0.4, 0.5) is 17.2 Å². The lowest BCUT2D eigenvalue weighted by molar-refractivity contribution is 0.102. The van der Waals surface area contributed by atoms with Gasteiger partial charge in [0, 0.05) is 31.0 Å². The number of carbonyl (C=O) groups excluding carboxylic acids is 1. The van der Waals surface area contributed by atoms with Crippen LogP contribution in [0.15, 0.2) is 36.7 Å². The van der Waals surface area contributed by atoms with E-state index in [2.05, 4.69) is 53.2 Å². The van der Waals surface area contributed by atoms with Gasteiger partial charge in [-0.3, -0.25) is 4.79 Å².